The molecule has 0 radical (unpaired) electrons. The molecule has 0 aliphatic heterocycles. The summed E-state index contributed by atoms with van der Waals surface area (Å²) in [4.78, 5) is 22.8. The molecule has 0 saturated carbocycles. The van der Waals surface area contributed by atoms with Crippen LogP contribution >= 0.6 is 0 Å². The van der Waals surface area contributed by atoms with E-state index in [-0.39, 0.29) is 5.92 Å². The Morgan fingerprint density at radius 1 is 1.20 bits per heavy atom. The van der Waals surface area contributed by atoms with Gasteiger partial charge < -0.3 is 9.47 Å². The molecule has 0 aromatic rings. The highest BCUT2D eigenvalue weighted by Gasteiger charge is 2.32. The van der Waals surface area contributed by atoms with Crippen molar-refractivity contribution < 1.29 is 19.1 Å². The van der Waals surface area contributed by atoms with E-state index in [1.165, 1.54) is 7.11 Å². The quantitative estimate of drug-likeness (QED) is 0.386. The van der Waals surface area contributed by atoms with Crippen LogP contribution in [0.2, 0.25) is 0 Å². The largest absolute Gasteiger partial charge is 0.468 e. The Labute approximate surface area is 90.9 Å². The minimum absolute atomic E-state index is 0.105. The zero-order valence-electron chi connectivity index (χ0n) is 9.91. The maximum atomic E-state index is 11.5. The van der Waals surface area contributed by atoms with Gasteiger partial charge in [-0.05, 0) is 12.3 Å². The van der Waals surface area contributed by atoms with Gasteiger partial charge in [0.1, 0.15) is 0 Å². The van der Waals surface area contributed by atoms with Crippen LogP contribution in [0.25, 0.3) is 0 Å². The first-order valence-corrected chi connectivity index (χ1v) is 5.29. The molecule has 0 N–H and O–H groups in total. The van der Waals surface area contributed by atoms with Gasteiger partial charge in [-0.2, -0.15) is 0 Å². The molecule has 4 heteroatoms. The van der Waals surface area contributed by atoms with Crippen LogP contribution in [0, 0.1) is 11.8 Å². The first-order chi connectivity index (χ1) is 7.04. The Hall–Kier alpha value is -1.06. The number of esters is 2. The van der Waals surface area contributed by atoms with Crippen molar-refractivity contribution in [2.24, 2.45) is 11.8 Å². The summed E-state index contributed by atoms with van der Waals surface area (Å²) in [5, 5.41) is 0. The summed E-state index contributed by atoms with van der Waals surface area (Å²) >= 11 is 0. The van der Waals surface area contributed by atoms with Gasteiger partial charge in [0.05, 0.1) is 13.7 Å². The molecule has 0 fully saturated rings. The summed E-state index contributed by atoms with van der Waals surface area (Å²) in [5.74, 6) is -1.91. The van der Waals surface area contributed by atoms with E-state index in [9.17, 15) is 9.59 Å². The van der Waals surface area contributed by atoms with Crippen LogP contribution in [-0.4, -0.2) is 25.7 Å². The zero-order valence-corrected chi connectivity index (χ0v) is 9.91. The molecule has 0 heterocycles. The lowest BCUT2D eigenvalue weighted by Gasteiger charge is -2.16. The van der Waals surface area contributed by atoms with Crippen LogP contribution in [0.3, 0.4) is 0 Å². The summed E-state index contributed by atoms with van der Waals surface area (Å²) in [6, 6.07) is 0. The van der Waals surface area contributed by atoms with E-state index in [1.807, 2.05) is 6.92 Å². The maximum Gasteiger partial charge on any atom is 0.320 e. The van der Waals surface area contributed by atoms with Gasteiger partial charge in [-0.3, -0.25) is 9.59 Å². The Morgan fingerprint density at radius 2 is 1.80 bits per heavy atom. The Morgan fingerprint density at radius 3 is 2.20 bits per heavy atom. The molecular weight excluding hydrogens is 196 g/mol. The molecule has 0 aliphatic carbocycles. The summed E-state index contributed by atoms with van der Waals surface area (Å²) < 4.78 is 9.55. The van der Waals surface area contributed by atoms with Gasteiger partial charge in [-0.15, -0.1) is 0 Å². The number of rotatable bonds is 6. The molecule has 1 unspecified atom stereocenters. The highest BCUT2D eigenvalue weighted by Crippen LogP contribution is 2.14. The van der Waals surface area contributed by atoms with Crippen LogP contribution in [-0.2, 0) is 19.1 Å². The van der Waals surface area contributed by atoms with Crippen molar-refractivity contribution in [1.82, 2.24) is 0 Å². The highest BCUT2D eigenvalue weighted by molar-refractivity contribution is 5.95. The third-order valence-electron chi connectivity index (χ3n) is 2.12. The SMILES string of the molecule is CCCCOC(=O)C(C(=O)OC)C(C)C. The minimum atomic E-state index is -0.799. The van der Waals surface area contributed by atoms with Gasteiger partial charge >= 0.3 is 11.9 Å². The fraction of sp³-hybridized carbons (Fsp3) is 0.818. The second-order valence-electron chi connectivity index (χ2n) is 3.77. The van der Waals surface area contributed by atoms with Gasteiger partial charge in [0.2, 0.25) is 0 Å². The molecule has 0 saturated heterocycles. The molecule has 0 aliphatic rings. The summed E-state index contributed by atoms with van der Waals surface area (Å²) in [6.45, 7) is 5.97. The molecule has 88 valence electrons. The molecule has 4 nitrogen and oxygen atoms in total. The van der Waals surface area contributed by atoms with Crippen molar-refractivity contribution >= 4 is 11.9 Å². The van der Waals surface area contributed by atoms with Crippen LogP contribution in [0.15, 0.2) is 0 Å². The third-order valence-corrected chi connectivity index (χ3v) is 2.12. The number of carbonyl (C=O) groups is 2. The normalized spacial score (nSPS) is 12.3. The number of unbranched alkanes of at least 4 members (excludes halogenated alkanes) is 1. The van der Waals surface area contributed by atoms with E-state index in [4.69, 9.17) is 4.74 Å². The maximum absolute atomic E-state index is 11.5. The van der Waals surface area contributed by atoms with Gasteiger partial charge in [-0.25, -0.2) is 0 Å². The molecule has 0 bridgehead atoms. The number of ether oxygens (including phenoxy) is 2. The smallest absolute Gasteiger partial charge is 0.320 e. The van der Waals surface area contributed by atoms with Crippen molar-refractivity contribution in [2.75, 3.05) is 13.7 Å². The van der Waals surface area contributed by atoms with Crippen LogP contribution in [0.5, 0.6) is 0 Å². The molecule has 0 spiro atoms. The van der Waals surface area contributed by atoms with E-state index in [1.54, 1.807) is 13.8 Å². The standard InChI is InChI=1S/C11H20O4/c1-5-6-7-15-11(13)9(8(2)3)10(12)14-4/h8-9H,5-7H2,1-4H3. The lowest BCUT2D eigenvalue weighted by atomic mass is 9.96. The molecule has 15 heavy (non-hydrogen) atoms. The van der Waals surface area contributed by atoms with Crippen molar-refractivity contribution in [2.45, 2.75) is 33.6 Å². The predicted octanol–water partition coefficient (Wildman–Crippen LogP) is 1.77. The molecular formula is C11H20O4. The van der Waals surface area contributed by atoms with Gasteiger partial charge in [0, 0.05) is 0 Å². The second-order valence-corrected chi connectivity index (χ2v) is 3.77. The molecule has 0 aromatic heterocycles. The van der Waals surface area contributed by atoms with Crippen molar-refractivity contribution in [1.29, 1.82) is 0 Å². The first-order valence-electron chi connectivity index (χ1n) is 5.29. The van der Waals surface area contributed by atoms with Crippen molar-refractivity contribution in [3.8, 4) is 0 Å². The Bertz CT molecular complexity index is 211. The number of hydrogen-bond acceptors (Lipinski definition) is 4. The first kappa shape index (κ1) is 13.9. The third kappa shape index (κ3) is 4.81. The summed E-state index contributed by atoms with van der Waals surface area (Å²) in [6.07, 6.45) is 1.77. The number of hydrogen-bond donors (Lipinski definition) is 0. The van der Waals surface area contributed by atoms with E-state index >= 15 is 0 Å². The monoisotopic (exact) mass is 216 g/mol. The van der Waals surface area contributed by atoms with Crippen LogP contribution in [0.1, 0.15) is 33.6 Å². The van der Waals surface area contributed by atoms with E-state index < -0.39 is 17.9 Å². The summed E-state index contributed by atoms with van der Waals surface area (Å²) in [5.41, 5.74) is 0. The summed E-state index contributed by atoms with van der Waals surface area (Å²) in [7, 11) is 1.27. The lowest BCUT2D eigenvalue weighted by Crippen LogP contribution is -2.31. The molecule has 0 rings (SSSR count). The fourth-order valence-electron chi connectivity index (χ4n) is 1.17. The van der Waals surface area contributed by atoms with Crippen LogP contribution < -0.4 is 0 Å². The average molecular weight is 216 g/mol. The zero-order chi connectivity index (χ0) is 11.8. The molecule has 1 atom stereocenters. The van der Waals surface area contributed by atoms with Crippen molar-refractivity contribution in [3.63, 3.8) is 0 Å². The van der Waals surface area contributed by atoms with Crippen molar-refractivity contribution in [3.05, 3.63) is 0 Å². The number of carbonyl (C=O) groups excluding carboxylic acids is 2. The van der Waals surface area contributed by atoms with Gasteiger partial charge in [-0.1, -0.05) is 27.2 Å². The number of methoxy groups -OCH3 is 1. The van der Waals surface area contributed by atoms with E-state index in [0.717, 1.165) is 12.8 Å². The van der Waals surface area contributed by atoms with E-state index in [2.05, 4.69) is 4.74 Å². The van der Waals surface area contributed by atoms with E-state index in [0.29, 0.717) is 6.61 Å². The topological polar surface area (TPSA) is 52.6 Å². The molecule has 0 aromatic carbocycles. The van der Waals surface area contributed by atoms with Gasteiger partial charge in [0.25, 0.3) is 0 Å². The fourth-order valence-corrected chi connectivity index (χ4v) is 1.17. The second kappa shape index (κ2) is 7.26. The average Bonchev–Trinajstić information content (AvgIpc) is 2.17. The Balaban J connectivity index is 4.24. The molecule has 0 amide bonds. The van der Waals surface area contributed by atoms with Gasteiger partial charge in [0.15, 0.2) is 5.92 Å². The predicted molar refractivity (Wildman–Crippen MR) is 56.2 cm³/mol. The lowest BCUT2D eigenvalue weighted by molar-refractivity contribution is -0.162. The highest BCUT2D eigenvalue weighted by atomic mass is 16.5. The minimum Gasteiger partial charge on any atom is -0.468 e. The Kier molecular flexibility index (Phi) is 6.75. The van der Waals surface area contributed by atoms with Crippen LogP contribution in [0.4, 0.5) is 0 Å².